The molecule has 1 heterocycles. The zero-order valence-electron chi connectivity index (χ0n) is 9.11. The number of nitrogens with zero attached hydrogens (tertiary/aromatic N) is 2. The minimum absolute atomic E-state index is 0.307. The average molecular weight is 196 g/mol. The third-order valence-electron chi connectivity index (χ3n) is 2.32. The second-order valence-electron chi connectivity index (χ2n) is 3.92. The molecule has 0 saturated heterocycles. The van der Waals surface area contributed by atoms with E-state index in [1.165, 1.54) is 0 Å². The molecular weight excluding hydrogens is 176 g/mol. The largest absolute Gasteiger partial charge is 0.396 e. The number of aromatic nitrogens is 2. The molecule has 0 aliphatic heterocycles. The van der Waals surface area contributed by atoms with E-state index in [1.807, 2.05) is 12.4 Å². The second-order valence-corrected chi connectivity index (χ2v) is 3.92. The van der Waals surface area contributed by atoms with Gasteiger partial charge in [0.1, 0.15) is 5.82 Å². The Hall–Kier alpha value is -0.830. The maximum Gasteiger partial charge on any atom is 0.111 e. The van der Waals surface area contributed by atoms with E-state index < -0.39 is 0 Å². The highest BCUT2D eigenvalue weighted by Crippen LogP contribution is 2.12. The predicted octanol–water partition coefficient (Wildman–Crippen LogP) is 2.17. The molecular formula is C11H20N2O. The molecule has 0 aromatic carbocycles. The van der Waals surface area contributed by atoms with Crippen LogP contribution < -0.4 is 0 Å². The lowest BCUT2D eigenvalue weighted by Gasteiger charge is -2.09. The monoisotopic (exact) mass is 196 g/mol. The van der Waals surface area contributed by atoms with Crippen LogP contribution in [-0.4, -0.2) is 21.3 Å². The molecule has 0 bridgehead atoms. The van der Waals surface area contributed by atoms with Gasteiger partial charge in [-0.2, -0.15) is 0 Å². The highest BCUT2D eigenvalue weighted by atomic mass is 16.2. The van der Waals surface area contributed by atoms with Gasteiger partial charge in [0.05, 0.1) is 0 Å². The number of hydrogen-bond donors (Lipinski definition) is 1. The first-order valence-corrected chi connectivity index (χ1v) is 5.37. The molecule has 0 amide bonds. The van der Waals surface area contributed by atoms with Crippen molar-refractivity contribution in [2.24, 2.45) is 0 Å². The van der Waals surface area contributed by atoms with E-state index in [1.54, 1.807) is 0 Å². The van der Waals surface area contributed by atoms with Crippen molar-refractivity contribution in [2.75, 3.05) is 6.61 Å². The van der Waals surface area contributed by atoms with Crippen LogP contribution in [0.5, 0.6) is 0 Å². The molecule has 0 aliphatic carbocycles. The predicted molar refractivity (Wildman–Crippen MR) is 57.3 cm³/mol. The Morgan fingerprint density at radius 3 is 2.79 bits per heavy atom. The molecule has 14 heavy (non-hydrogen) atoms. The van der Waals surface area contributed by atoms with Gasteiger partial charge in [-0.05, 0) is 19.3 Å². The zero-order valence-corrected chi connectivity index (χ0v) is 9.11. The molecule has 3 nitrogen and oxygen atoms in total. The number of rotatable bonds is 6. The number of aliphatic hydroxyl groups is 1. The summed E-state index contributed by atoms with van der Waals surface area (Å²) in [5, 5.41) is 8.65. The average Bonchev–Trinajstić information content (AvgIpc) is 2.60. The summed E-state index contributed by atoms with van der Waals surface area (Å²) in [5.74, 6) is 1.65. The molecule has 0 atom stereocenters. The lowest BCUT2D eigenvalue weighted by Crippen LogP contribution is -2.04. The summed E-state index contributed by atoms with van der Waals surface area (Å²) in [7, 11) is 0. The van der Waals surface area contributed by atoms with Crippen LogP contribution in [0.3, 0.4) is 0 Å². The number of aryl methyl sites for hydroxylation is 1. The normalized spacial score (nSPS) is 11.1. The fourth-order valence-corrected chi connectivity index (χ4v) is 1.58. The molecule has 0 radical (unpaired) electrons. The van der Waals surface area contributed by atoms with Crippen molar-refractivity contribution >= 4 is 0 Å². The van der Waals surface area contributed by atoms with Gasteiger partial charge in [-0.3, -0.25) is 0 Å². The minimum Gasteiger partial charge on any atom is -0.396 e. The molecule has 0 spiro atoms. The molecule has 1 N–H and O–H groups in total. The van der Waals surface area contributed by atoms with E-state index in [0.717, 1.165) is 31.6 Å². The molecule has 3 heteroatoms. The summed E-state index contributed by atoms with van der Waals surface area (Å²) >= 11 is 0. The quantitative estimate of drug-likeness (QED) is 0.708. The van der Waals surface area contributed by atoms with E-state index in [4.69, 9.17) is 5.11 Å². The number of hydrogen-bond acceptors (Lipinski definition) is 2. The van der Waals surface area contributed by atoms with Crippen LogP contribution in [0.25, 0.3) is 0 Å². The van der Waals surface area contributed by atoms with Crippen molar-refractivity contribution in [3.63, 3.8) is 0 Å². The van der Waals surface area contributed by atoms with Crippen molar-refractivity contribution < 1.29 is 5.11 Å². The lowest BCUT2D eigenvalue weighted by atomic mass is 10.2. The summed E-state index contributed by atoms with van der Waals surface area (Å²) in [4.78, 5) is 4.33. The molecule has 0 saturated carbocycles. The Morgan fingerprint density at radius 2 is 2.14 bits per heavy atom. The topological polar surface area (TPSA) is 38.0 Å². The van der Waals surface area contributed by atoms with Gasteiger partial charge in [0.25, 0.3) is 0 Å². The maximum absolute atomic E-state index is 8.65. The van der Waals surface area contributed by atoms with Crippen LogP contribution in [0.15, 0.2) is 12.4 Å². The number of imidazole rings is 1. The standard InChI is InChI=1S/C11H20N2O/c1-10(2)11-12-6-8-13(11)7-4-3-5-9-14/h6,8,10,14H,3-5,7,9H2,1-2H3. The third kappa shape index (κ3) is 3.14. The summed E-state index contributed by atoms with van der Waals surface area (Å²) in [6, 6.07) is 0. The number of aliphatic hydroxyl groups excluding tert-OH is 1. The highest BCUT2D eigenvalue weighted by molar-refractivity contribution is 4.97. The molecule has 1 aromatic rings. The van der Waals surface area contributed by atoms with Gasteiger partial charge < -0.3 is 9.67 Å². The Kier molecular flexibility index (Phi) is 4.66. The first kappa shape index (κ1) is 11.2. The Balaban J connectivity index is 2.38. The molecule has 0 unspecified atom stereocenters. The maximum atomic E-state index is 8.65. The molecule has 1 rings (SSSR count). The van der Waals surface area contributed by atoms with Crippen molar-refractivity contribution in [1.29, 1.82) is 0 Å². The lowest BCUT2D eigenvalue weighted by molar-refractivity contribution is 0.281. The SMILES string of the molecule is CC(C)c1nccn1CCCCCO. The van der Waals surface area contributed by atoms with Gasteiger partial charge in [0.15, 0.2) is 0 Å². The summed E-state index contributed by atoms with van der Waals surface area (Å²) in [6.45, 7) is 5.65. The number of unbranched alkanes of at least 4 members (excludes halogenated alkanes) is 2. The van der Waals surface area contributed by atoms with Crippen LogP contribution in [0.4, 0.5) is 0 Å². The first-order valence-electron chi connectivity index (χ1n) is 5.37. The van der Waals surface area contributed by atoms with Crippen molar-refractivity contribution in [3.05, 3.63) is 18.2 Å². The Bertz CT molecular complexity index is 256. The highest BCUT2D eigenvalue weighted by Gasteiger charge is 2.05. The van der Waals surface area contributed by atoms with Gasteiger partial charge >= 0.3 is 0 Å². The van der Waals surface area contributed by atoms with Gasteiger partial charge in [-0.25, -0.2) is 4.98 Å². The van der Waals surface area contributed by atoms with E-state index >= 15 is 0 Å². The van der Waals surface area contributed by atoms with E-state index in [9.17, 15) is 0 Å². The van der Waals surface area contributed by atoms with Crippen LogP contribution >= 0.6 is 0 Å². The molecule has 1 aromatic heterocycles. The first-order chi connectivity index (χ1) is 6.75. The molecule has 80 valence electrons. The fourth-order valence-electron chi connectivity index (χ4n) is 1.58. The third-order valence-corrected chi connectivity index (χ3v) is 2.32. The van der Waals surface area contributed by atoms with Crippen molar-refractivity contribution in [1.82, 2.24) is 9.55 Å². The van der Waals surface area contributed by atoms with E-state index in [-0.39, 0.29) is 0 Å². The smallest absolute Gasteiger partial charge is 0.111 e. The van der Waals surface area contributed by atoms with Gasteiger partial charge in [0, 0.05) is 31.5 Å². The van der Waals surface area contributed by atoms with Crippen LogP contribution in [0.2, 0.25) is 0 Å². The van der Waals surface area contributed by atoms with Crippen molar-refractivity contribution in [3.8, 4) is 0 Å². The van der Waals surface area contributed by atoms with Gasteiger partial charge in [-0.15, -0.1) is 0 Å². The van der Waals surface area contributed by atoms with Crippen LogP contribution in [-0.2, 0) is 6.54 Å². The molecule has 0 fully saturated rings. The Morgan fingerprint density at radius 1 is 1.36 bits per heavy atom. The van der Waals surface area contributed by atoms with Gasteiger partial charge in [-0.1, -0.05) is 13.8 Å². The fraction of sp³-hybridized carbons (Fsp3) is 0.727. The van der Waals surface area contributed by atoms with Gasteiger partial charge in [0.2, 0.25) is 0 Å². The van der Waals surface area contributed by atoms with Crippen molar-refractivity contribution in [2.45, 2.75) is 45.6 Å². The second kappa shape index (κ2) is 5.81. The van der Waals surface area contributed by atoms with E-state index in [0.29, 0.717) is 12.5 Å². The molecule has 0 aliphatic rings. The Labute approximate surface area is 85.8 Å². The zero-order chi connectivity index (χ0) is 10.4. The van der Waals surface area contributed by atoms with Crippen LogP contribution in [0, 0.1) is 0 Å². The van der Waals surface area contributed by atoms with Crippen LogP contribution in [0.1, 0.15) is 44.9 Å². The minimum atomic E-state index is 0.307. The van der Waals surface area contributed by atoms with E-state index in [2.05, 4.69) is 23.4 Å². The summed E-state index contributed by atoms with van der Waals surface area (Å²) in [5.41, 5.74) is 0. The summed E-state index contributed by atoms with van der Waals surface area (Å²) < 4.78 is 2.21. The summed E-state index contributed by atoms with van der Waals surface area (Å²) in [6.07, 6.45) is 7.02.